The van der Waals surface area contributed by atoms with Crippen LogP contribution in [0.1, 0.15) is 20.9 Å². The van der Waals surface area contributed by atoms with Crippen molar-refractivity contribution >= 4 is 22.4 Å². The van der Waals surface area contributed by atoms with Crippen LogP contribution < -0.4 is 10.1 Å². The Bertz CT molecular complexity index is 802. The molecular weight excluding hydrogens is 310 g/mol. The predicted molar refractivity (Wildman–Crippen MR) is 89.8 cm³/mol. The summed E-state index contributed by atoms with van der Waals surface area (Å²) in [5.41, 5.74) is 1.59. The van der Waals surface area contributed by atoms with Gasteiger partial charge in [-0.3, -0.25) is 10.1 Å². The Morgan fingerprint density at radius 3 is 2.70 bits per heavy atom. The van der Waals surface area contributed by atoms with Crippen molar-refractivity contribution in [3.63, 3.8) is 0 Å². The zero-order valence-electron chi connectivity index (χ0n) is 12.5. The monoisotopic (exact) mass is 325 g/mol. The number of ether oxygens (including phenoxy) is 1. The number of carbonyl (C=O) groups excluding carboxylic acids is 1. The largest absolute Gasteiger partial charge is 0.489 e. The number of amides is 1. The molecule has 0 unspecified atom stereocenters. The van der Waals surface area contributed by atoms with Gasteiger partial charge in [0, 0.05) is 5.56 Å². The van der Waals surface area contributed by atoms with E-state index >= 15 is 0 Å². The minimum absolute atomic E-state index is 0.230. The lowest BCUT2D eigenvalue weighted by Gasteiger charge is -2.08. The van der Waals surface area contributed by atoms with Crippen molar-refractivity contribution in [2.45, 2.75) is 13.5 Å². The highest BCUT2D eigenvalue weighted by molar-refractivity contribution is 7.15. The van der Waals surface area contributed by atoms with Gasteiger partial charge in [-0.1, -0.05) is 47.7 Å². The average Bonchev–Trinajstić information content (AvgIpc) is 2.99. The molecule has 3 rings (SSSR count). The fraction of sp³-hybridized carbons (Fsp3) is 0.118. The molecule has 0 aliphatic rings. The van der Waals surface area contributed by atoms with E-state index in [4.69, 9.17) is 4.74 Å². The number of anilines is 1. The molecule has 3 aromatic rings. The first-order chi connectivity index (χ1) is 11.2. The van der Waals surface area contributed by atoms with Gasteiger partial charge in [-0.05, 0) is 30.7 Å². The fourth-order valence-electron chi connectivity index (χ4n) is 1.98. The fourth-order valence-corrected chi connectivity index (χ4v) is 2.57. The van der Waals surface area contributed by atoms with Gasteiger partial charge in [0.25, 0.3) is 5.91 Å². The second-order valence-electron chi connectivity index (χ2n) is 4.88. The van der Waals surface area contributed by atoms with Gasteiger partial charge < -0.3 is 4.74 Å². The van der Waals surface area contributed by atoms with Gasteiger partial charge in [-0.2, -0.15) is 0 Å². The van der Waals surface area contributed by atoms with Crippen LogP contribution in [0.15, 0.2) is 54.6 Å². The first-order valence-corrected chi connectivity index (χ1v) is 7.90. The molecule has 116 valence electrons. The van der Waals surface area contributed by atoms with Crippen LogP contribution in [0, 0.1) is 6.92 Å². The molecular formula is C17H15N3O2S. The Balaban J connectivity index is 1.65. The molecule has 1 heterocycles. The van der Waals surface area contributed by atoms with Crippen molar-refractivity contribution in [1.82, 2.24) is 10.2 Å². The zero-order valence-corrected chi connectivity index (χ0v) is 13.3. The highest BCUT2D eigenvalue weighted by atomic mass is 32.1. The summed E-state index contributed by atoms with van der Waals surface area (Å²) in [6, 6.07) is 17.0. The maximum atomic E-state index is 12.2. The summed E-state index contributed by atoms with van der Waals surface area (Å²) in [5, 5.41) is 11.8. The number of nitrogens with zero attached hydrogens (tertiary/aromatic N) is 2. The number of hydrogen-bond donors (Lipinski definition) is 1. The molecule has 0 fully saturated rings. The SMILES string of the molecule is Cc1nnc(NC(=O)c2cccc(OCc3ccccc3)c2)s1. The zero-order chi connectivity index (χ0) is 16.1. The third kappa shape index (κ3) is 4.14. The van der Waals surface area contributed by atoms with Crippen LogP contribution in [0.5, 0.6) is 5.75 Å². The highest BCUT2D eigenvalue weighted by Gasteiger charge is 2.10. The number of rotatable bonds is 5. The lowest BCUT2D eigenvalue weighted by molar-refractivity contribution is 0.102. The van der Waals surface area contributed by atoms with E-state index < -0.39 is 0 Å². The number of aryl methyl sites for hydroxylation is 1. The van der Waals surface area contributed by atoms with Gasteiger partial charge in [0.1, 0.15) is 17.4 Å². The third-order valence-corrected chi connectivity index (χ3v) is 3.85. The van der Waals surface area contributed by atoms with Crippen molar-refractivity contribution < 1.29 is 9.53 Å². The quantitative estimate of drug-likeness (QED) is 0.777. The van der Waals surface area contributed by atoms with Crippen molar-refractivity contribution in [2.24, 2.45) is 0 Å². The molecule has 0 saturated carbocycles. The number of nitrogens with one attached hydrogen (secondary N) is 1. The molecule has 1 aromatic heterocycles. The normalized spacial score (nSPS) is 10.3. The van der Waals surface area contributed by atoms with Crippen molar-refractivity contribution in [3.05, 3.63) is 70.7 Å². The van der Waals surface area contributed by atoms with E-state index in [0.717, 1.165) is 10.6 Å². The summed E-state index contributed by atoms with van der Waals surface area (Å²) in [4.78, 5) is 12.2. The van der Waals surface area contributed by atoms with Gasteiger partial charge in [0.05, 0.1) is 0 Å². The topological polar surface area (TPSA) is 64.1 Å². The van der Waals surface area contributed by atoms with E-state index in [-0.39, 0.29) is 5.91 Å². The second kappa shape index (κ2) is 7.02. The Kier molecular flexibility index (Phi) is 4.63. The molecule has 1 amide bonds. The van der Waals surface area contributed by atoms with Gasteiger partial charge in [0.15, 0.2) is 0 Å². The Labute approximate surface area is 138 Å². The van der Waals surface area contributed by atoms with Crippen molar-refractivity contribution in [1.29, 1.82) is 0 Å². The molecule has 0 radical (unpaired) electrons. The van der Waals surface area contributed by atoms with Crippen LogP contribution in [0.2, 0.25) is 0 Å². The van der Waals surface area contributed by atoms with Crippen molar-refractivity contribution in [3.8, 4) is 5.75 Å². The predicted octanol–water partition coefficient (Wildman–Crippen LogP) is 3.68. The highest BCUT2D eigenvalue weighted by Crippen LogP contribution is 2.18. The van der Waals surface area contributed by atoms with E-state index in [1.54, 1.807) is 18.2 Å². The molecule has 6 heteroatoms. The smallest absolute Gasteiger partial charge is 0.257 e. The van der Waals surface area contributed by atoms with Crippen LogP contribution in [-0.4, -0.2) is 16.1 Å². The first kappa shape index (κ1) is 15.2. The summed E-state index contributed by atoms with van der Waals surface area (Å²) in [6.45, 7) is 2.30. The van der Waals surface area contributed by atoms with Gasteiger partial charge in [-0.25, -0.2) is 0 Å². The molecule has 23 heavy (non-hydrogen) atoms. The molecule has 5 nitrogen and oxygen atoms in total. The standard InChI is InChI=1S/C17H15N3O2S/c1-12-19-20-17(23-12)18-16(21)14-8-5-9-15(10-14)22-11-13-6-3-2-4-7-13/h2-10H,11H2,1H3,(H,18,20,21). The molecule has 0 aliphatic heterocycles. The number of carbonyl (C=O) groups is 1. The summed E-state index contributed by atoms with van der Waals surface area (Å²) < 4.78 is 5.73. The van der Waals surface area contributed by atoms with E-state index in [9.17, 15) is 4.79 Å². The number of aromatic nitrogens is 2. The van der Waals surface area contributed by atoms with Gasteiger partial charge in [0.2, 0.25) is 5.13 Å². The van der Waals surface area contributed by atoms with Crippen LogP contribution in [0.3, 0.4) is 0 Å². The summed E-state index contributed by atoms with van der Waals surface area (Å²) in [5.74, 6) is 0.418. The maximum absolute atomic E-state index is 12.2. The Hall–Kier alpha value is -2.73. The molecule has 1 N–H and O–H groups in total. The Morgan fingerprint density at radius 2 is 1.96 bits per heavy atom. The molecule has 0 atom stereocenters. The molecule has 2 aromatic carbocycles. The molecule has 0 spiro atoms. The van der Waals surface area contributed by atoms with Gasteiger partial charge in [-0.15, -0.1) is 10.2 Å². The van der Waals surface area contributed by atoms with E-state index in [2.05, 4.69) is 15.5 Å². The van der Waals surface area contributed by atoms with Crippen LogP contribution >= 0.6 is 11.3 Å². The van der Waals surface area contributed by atoms with Crippen LogP contribution in [0.25, 0.3) is 0 Å². The van der Waals surface area contributed by atoms with E-state index in [1.165, 1.54) is 11.3 Å². The molecule has 0 aliphatic carbocycles. The first-order valence-electron chi connectivity index (χ1n) is 7.09. The number of benzene rings is 2. The summed E-state index contributed by atoms with van der Waals surface area (Å²) in [6.07, 6.45) is 0. The summed E-state index contributed by atoms with van der Waals surface area (Å²) >= 11 is 1.34. The lowest BCUT2D eigenvalue weighted by atomic mass is 10.2. The second-order valence-corrected chi connectivity index (χ2v) is 6.06. The maximum Gasteiger partial charge on any atom is 0.257 e. The molecule has 0 bridgehead atoms. The molecule has 0 saturated heterocycles. The third-order valence-electron chi connectivity index (χ3n) is 3.09. The average molecular weight is 325 g/mol. The Morgan fingerprint density at radius 1 is 1.13 bits per heavy atom. The van der Waals surface area contributed by atoms with Gasteiger partial charge >= 0.3 is 0 Å². The lowest BCUT2D eigenvalue weighted by Crippen LogP contribution is -2.11. The minimum atomic E-state index is -0.230. The minimum Gasteiger partial charge on any atom is -0.489 e. The summed E-state index contributed by atoms with van der Waals surface area (Å²) in [7, 11) is 0. The van der Waals surface area contributed by atoms with Crippen LogP contribution in [0.4, 0.5) is 5.13 Å². The van der Waals surface area contributed by atoms with Crippen molar-refractivity contribution in [2.75, 3.05) is 5.32 Å². The number of hydrogen-bond acceptors (Lipinski definition) is 5. The van der Waals surface area contributed by atoms with E-state index in [0.29, 0.717) is 23.1 Å². The van der Waals surface area contributed by atoms with Crippen LogP contribution in [-0.2, 0) is 6.61 Å². The van der Waals surface area contributed by atoms with E-state index in [1.807, 2.05) is 43.3 Å².